The van der Waals surface area contributed by atoms with Crippen LogP contribution in [-0.2, 0) is 0 Å². The van der Waals surface area contributed by atoms with Gasteiger partial charge in [-0.3, -0.25) is 4.79 Å². The van der Waals surface area contributed by atoms with Gasteiger partial charge in [0.1, 0.15) is 11.5 Å². The van der Waals surface area contributed by atoms with Gasteiger partial charge in [0.25, 0.3) is 5.91 Å². The van der Waals surface area contributed by atoms with Gasteiger partial charge in [-0.1, -0.05) is 19.1 Å². The summed E-state index contributed by atoms with van der Waals surface area (Å²) in [5, 5.41) is 0. The van der Waals surface area contributed by atoms with E-state index in [9.17, 15) is 4.79 Å². The summed E-state index contributed by atoms with van der Waals surface area (Å²) >= 11 is 0. The lowest BCUT2D eigenvalue weighted by atomic mass is 9.98. The number of hydrogen-bond acceptors (Lipinski definition) is 5. The van der Waals surface area contributed by atoms with E-state index in [1.807, 2.05) is 53.4 Å². The highest BCUT2D eigenvalue weighted by Gasteiger charge is 2.21. The maximum atomic E-state index is 12.9. The molecule has 6 heteroatoms. The van der Waals surface area contributed by atoms with Crippen molar-refractivity contribution in [1.82, 2.24) is 14.9 Å². The molecule has 4 rings (SSSR count). The zero-order chi connectivity index (χ0) is 20.9. The number of likely N-dealkylation sites (tertiary alicyclic amines) is 1. The maximum absolute atomic E-state index is 12.9. The smallest absolute Gasteiger partial charge is 0.253 e. The van der Waals surface area contributed by atoms with Crippen LogP contribution >= 0.6 is 0 Å². The Hall–Kier alpha value is -3.41. The van der Waals surface area contributed by atoms with E-state index in [1.54, 1.807) is 19.4 Å². The minimum absolute atomic E-state index is 0.0642. The van der Waals surface area contributed by atoms with E-state index in [1.165, 1.54) is 0 Å². The van der Waals surface area contributed by atoms with Crippen molar-refractivity contribution in [2.75, 3.05) is 20.2 Å². The third kappa shape index (κ3) is 4.59. The molecule has 0 saturated carbocycles. The molecule has 30 heavy (non-hydrogen) atoms. The highest BCUT2D eigenvalue weighted by molar-refractivity contribution is 5.95. The largest absolute Gasteiger partial charge is 0.497 e. The Morgan fingerprint density at radius 3 is 2.50 bits per heavy atom. The van der Waals surface area contributed by atoms with E-state index in [0.29, 0.717) is 28.9 Å². The Balaban J connectivity index is 1.52. The fraction of sp³-hybridized carbons (Fsp3) is 0.292. The van der Waals surface area contributed by atoms with Crippen LogP contribution in [0.4, 0.5) is 0 Å². The molecule has 3 aromatic rings. The average Bonchev–Trinajstić information content (AvgIpc) is 2.80. The van der Waals surface area contributed by atoms with E-state index in [0.717, 1.165) is 37.2 Å². The number of nitrogens with zero attached hydrogens (tertiary/aromatic N) is 3. The number of benzene rings is 2. The molecule has 1 fully saturated rings. The van der Waals surface area contributed by atoms with E-state index < -0.39 is 0 Å². The van der Waals surface area contributed by atoms with Gasteiger partial charge in [-0.25, -0.2) is 4.98 Å². The number of hydrogen-bond donors (Lipinski definition) is 0. The highest BCUT2D eigenvalue weighted by atomic mass is 16.5. The number of amides is 1. The second-order valence-electron chi connectivity index (χ2n) is 7.55. The van der Waals surface area contributed by atoms with Crippen molar-refractivity contribution in [3.63, 3.8) is 0 Å². The predicted octanol–water partition coefficient (Wildman–Crippen LogP) is 4.82. The first-order chi connectivity index (χ1) is 14.6. The number of piperidine rings is 1. The summed E-state index contributed by atoms with van der Waals surface area (Å²) in [5.41, 5.74) is 1.44. The molecule has 1 aliphatic rings. The lowest BCUT2D eigenvalue weighted by Crippen LogP contribution is -2.37. The molecule has 0 bridgehead atoms. The SMILES string of the molecule is COc1ccc(Oc2ccnc(-c3cccc(C(=O)N4CCC(C)CC4)c3)n2)cc1. The van der Waals surface area contributed by atoms with Crippen LogP contribution in [0.5, 0.6) is 17.4 Å². The number of rotatable bonds is 5. The van der Waals surface area contributed by atoms with Crippen LogP contribution in [-0.4, -0.2) is 41.0 Å². The molecular weight excluding hydrogens is 378 g/mol. The summed E-state index contributed by atoms with van der Waals surface area (Å²) in [5.74, 6) is 3.12. The van der Waals surface area contributed by atoms with Crippen LogP contribution in [0.25, 0.3) is 11.4 Å². The van der Waals surface area contributed by atoms with Gasteiger partial charge in [-0.05, 0) is 55.2 Å². The lowest BCUT2D eigenvalue weighted by Gasteiger charge is -2.30. The molecule has 2 heterocycles. The topological polar surface area (TPSA) is 64.6 Å². The van der Waals surface area contributed by atoms with E-state index in [-0.39, 0.29) is 5.91 Å². The molecule has 1 aliphatic heterocycles. The van der Waals surface area contributed by atoms with Crippen molar-refractivity contribution in [2.45, 2.75) is 19.8 Å². The number of methoxy groups -OCH3 is 1. The average molecular weight is 403 g/mol. The molecule has 0 N–H and O–H groups in total. The van der Waals surface area contributed by atoms with Gasteiger partial charge in [0.15, 0.2) is 5.82 Å². The van der Waals surface area contributed by atoms with Gasteiger partial charge in [-0.2, -0.15) is 4.98 Å². The molecule has 1 aromatic heterocycles. The lowest BCUT2D eigenvalue weighted by molar-refractivity contribution is 0.0697. The fourth-order valence-corrected chi connectivity index (χ4v) is 3.49. The Morgan fingerprint density at radius 1 is 1.03 bits per heavy atom. The first-order valence-corrected chi connectivity index (χ1v) is 10.2. The van der Waals surface area contributed by atoms with Crippen molar-refractivity contribution < 1.29 is 14.3 Å². The molecule has 0 atom stereocenters. The van der Waals surface area contributed by atoms with Crippen molar-refractivity contribution in [1.29, 1.82) is 0 Å². The van der Waals surface area contributed by atoms with Gasteiger partial charge < -0.3 is 14.4 Å². The van der Waals surface area contributed by atoms with Crippen LogP contribution in [0.1, 0.15) is 30.1 Å². The summed E-state index contributed by atoms with van der Waals surface area (Å²) in [7, 11) is 1.62. The molecule has 0 unspecified atom stereocenters. The molecule has 0 radical (unpaired) electrons. The zero-order valence-corrected chi connectivity index (χ0v) is 17.2. The summed E-state index contributed by atoms with van der Waals surface area (Å²) in [4.78, 5) is 23.7. The van der Waals surface area contributed by atoms with Crippen molar-refractivity contribution in [3.8, 4) is 28.8 Å². The first kappa shape index (κ1) is 19.9. The molecule has 0 spiro atoms. The molecule has 1 amide bonds. The van der Waals surface area contributed by atoms with Gasteiger partial charge >= 0.3 is 0 Å². The standard InChI is InChI=1S/C24H25N3O3/c1-17-11-14-27(15-12-17)24(28)19-5-3-4-18(16-19)23-25-13-10-22(26-23)30-21-8-6-20(29-2)7-9-21/h3-10,13,16-17H,11-12,14-15H2,1-2H3. The second-order valence-corrected chi connectivity index (χ2v) is 7.55. The van der Waals surface area contributed by atoms with Crippen LogP contribution in [0.2, 0.25) is 0 Å². The van der Waals surface area contributed by atoms with Crippen LogP contribution in [0, 0.1) is 5.92 Å². The summed E-state index contributed by atoms with van der Waals surface area (Å²) < 4.78 is 11.0. The highest BCUT2D eigenvalue weighted by Crippen LogP contribution is 2.25. The van der Waals surface area contributed by atoms with Crippen molar-refractivity contribution >= 4 is 5.91 Å². The number of ether oxygens (including phenoxy) is 2. The number of carbonyl (C=O) groups is 1. The third-order valence-electron chi connectivity index (χ3n) is 5.35. The van der Waals surface area contributed by atoms with Gasteiger partial charge in [-0.15, -0.1) is 0 Å². The van der Waals surface area contributed by atoms with Crippen LogP contribution in [0.15, 0.2) is 60.8 Å². The molecule has 154 valence electrons. The number of aromatic nitrogens is 2. The second kappa shape index (κ2) is 8.95. The first-order valence-electron chi connectivity index (χ1n) is 10.2. The Labute approximate surface area is 176 Å². The summed E-state index contributed by atoms with van der Waals surface area (Å²) in [6.07, 6.45) is 3.76. The van der Waals surface area contributed by atoms with Crippen molar-refractivity contribution in [2.24, 2.45) is 5.92 Å². The molecule has 0 aliphatic carbocycles. The van der Waals surface area contributed by atoms with Gasteiger partial charge in [0.2, 0.25) is 5.88 Å². The Kier molecular flexibility index (Phi) is 5.93. The zero-order valence-electron chi connectivity index (χ0n) is 17.2. The minimum atomic E-state index is 0.0642. The van der Waals surface area contributed by atoms with Crippen LogP contribution in [0.3, 0.4) is 0 Å². The molecule has 6 nitrogen and oxygen atoms in total. The summed E-state index contributed by atoms with van der Waals surface area (Å²) in [6, 6.07) is 16.5. The molecule has 2 aromatic carbocycles. The van der Waals surface area contributed by atoms with Gasteiger partial charge in [0, 0.05) is 36.5 Å². The molecule has 1 saturated heterocycles. The Morgan fingerprint density at radius 2 is 1.77 bits per heavy atom. The van der Waals surface area contributed by atoms with E-state index in [4.69, 9.17) is 9.47 Å². The van der Waals surface area contributed by atoms with E-state index in [2.05, 4.69) is 16.9 Å². The third-order valence-corrected chi connectivity index (χ3v) is 5.35. The molecular formula is C24H25N3O3. The van der Waals surface area contributed by atoms with Crippen molar-refractivity contribution in [3.05, 3.63) is 66.4 Å². The quantitative estimate of drug-likeness (QED) is 0.611. The Bertz CT molecular complexity index is 1010. The van der Waals surface area contributed by atoms with Gasteiger partial charge in [0.05, 0.1) is 7.11 Å². The maximum Gasteiger partial charge on any atom is 0.253 e. The van der Waals surface area contributed by atoms with Crippen LogP contribution < -0.4 is 9.47 Å². The normalized spacial score (nSPS) is 14.4. The monoisotopic (exact) mass is 403 g/mol. The van der Waals surface area contributed by atoms with E-state index >= 15 is 0 Å². The minimum Gasteiger partial charge on any atom is -0.497 e. The predicted molar refractivity (Wildman–Crippen MR) is 115 cm³/mol. The number of carbonyl (C=O) groups excluding carboxylic acids is 1. The fourth-order valence-electron chi connectivity index (χ4n) is 3.49. The summed E-state index contributed by atoms with van der Waals surface area (Å²) in [6.45, 7) is 3.86.